The summed E-state index contributed by atoms with van der Waals surface area (Å²) in [6.45, 7) is 1.99. The second-order valence-electron chi connectivity index (χ2n) is 6.35. The van der Waals surface area contributed by atoms with Crippen LogP contribution < -0.4 is 14.2 Å². The van der Waals surface area contributed by atoms with Gasteiger partial charge in [0.2, 0.25) is 0 Å². The zero-order chi connectivity index (χ0) is 21.2. The third kappa shape index (κ3) is 6.38. The Kier molecular flexibility index (Phi) is 7.44. The van der Waals surface area contributed by atoms with Gasteiger partial charge in [-0.15, -0.1) is 0 Å². The van der Waals surface area contributed by atoms with E-state index < -0.39 is 11.9 Å². The van der Waals surface area contributed by atoms with E-state index in [9.17, 15) is 9.59 Å². The number of ether oxygens (including phenoxy) is 4. The summed E-state index contributed by atoms with van der Waals surface area (Å²) in [5.74, 6) is 0.462. The van der Waals surface area contributed by atoms with E-state index in [4.69, 9.17) is 18.9 Å². The van der Waals surface area contributed by atoms with Crippen molar-refractivity contribution in [2.24, 2.45) is 0 Å². The number of para-hydroxylation sites is 2. The number of aryl methyl sites for hydroxylation is 1. The number of carbonyl (C=O) groups is 2. The van der Waals surface area contributed by atoms with Crippen molar-refractivity contribution in [2.75, 3.05) is 19.8 Å². The van der Waals surface area contributed by atoms with Gasteiger partial charge in [-0.1, -0.05) is 42.5 Å². The molecule has 3 rings (SSSR count). The molecular formula is C24H22O6. The van der Waals surface area contributed by atoms with Gasteiger partial charge in [-0.25, -0.2) is 9.59 Å². The van der Waals surface area contributed by atoms with E-state index in [0.29, 0.717) is 11.5 Å². The average molecular weight is 406 g/mol. The Hall–Kier alpha value is -3.80. The molecule has 0 aliphatic heterocycles. The zero-order valence-electron chi connectivity index (χ0n) is 16.6. The first kappa shape index (κ1) is 20.9. The van der Waals surface area contributed by atoms with Crippen molar-refractivity contribution in [3.63, 3.8) is 0 Å². The normalized spacial score (nSPS) is 10.2. The quantitative estimate of drug-likeness (QED) is 0.301. The summed E-state index contributed by atoms with van der Waals surface area (Å²) in [7, 11) is 0. The van der Waals surface area contributed by atoms with Crippen LogP contribution >= 0.6 is 0 Å². The van der Waals surface area contributed by atoms with E-state index in [1.165, 1.54) is 6.07 Å². The van der Waals surface area contributed by atoms with Crippen LogP contribution in [0.25, 0.3) is 0 Å². The summed E-state index contributed by atoms with van der Waals surface area (Å²) in [5, 5.41) is 0. The molecule has 0 spiro atoms. The van der Waals surface area contributed by atoms with E-state index in [1.54, 1.807) is 24.3 Å². The summed E-state index contributed by atoms with van der Waals surface area (Å²) in [6, 6.07) is 22.9. The Morgan fingerprint density at radius 2 is 1.50 bits per heavy atom. The largest absolute Gasteiger partial charge is 0.490 e. The topological polar surface area (TPSA) is 71.1 Å². The third-order valence-corrected chi connectivity index (χ3v) is 4.07. The van der Waals surface area contributed by atoms with Crippen LogP contribution in [-0.4, -0.2) is 31.8 Å². The first-order valence-corrected chi connectivity index (χ1v) is 9.46. The zero-order valence-corrected chi connectivity index (χ0v) is 16.6. The lowest BCUT2D eigenvalue weighted by atomic mass is 10.2. The van der Waals surface area contributed by atoms with Crippen LogP contribution in [0.2, 0.25) is 0 Å². The van der Waals surface area contributed by atoms with E-state index >= 15 is 0 Å². The molecule has 0 saturated carbocycles. The molecular weight excluding hydrogens is 384 g/mol. The van der Waals surface area contributed by atoms with Gasteiger partial charge in [-0.3, -0.25) is 0 Å². The molecule has 0 aliphatic carbocycles. The van der Waals surface area contributed by atoms with Gasteiger partial charge in [0, 0.05) is 0 Å². The highest BCUT2D eigenvalue weighted by Gasteiger charge is 2.12. The molecule has 0 unspecified atom stereocenters. The molecule has 0 heterocycles. The summed E-state index contributed by atoms with van der Waals surface area (Å²) in [4.78, 5) is 24.2. The Labute approximate surface area is 175 Å². The molecule has 0 radical (unpaired) electrons. The third-order valence-electron chi connectivity index (χ3n) is 4.07. The average Bonchev–Trinajstić information content (AvgIpc) is 2.77. The molecule has 3 aromatic carbocycles. The maximum Gasteiger partial charge on any atom is 0.349 e. The van der Waals surface area contributed by atoms with E-state index in [-0.39, 0.29) is 31.1 Å². The second kappa shape index (κ2) is 10.7. The van der Waals surface area contributed by atoms with Crippen molar-refractivity contribution >= 4 is 11.9 Å². The number of hydrogen-bond donors (Lipinski definition) is 0. The lowest BCUT2D eigenvalue weighted by Crippen LogP contribution is -2.18. The maximum absolute atomic E-state index is 12.2. The first-order chi connectivity index (χ1) is 14.6. The van der Waals surface area contributed by atoms with Crippen molar-refractivity contribution in [1.29, 1.82) is 0 Å². The molecule has 0 aliphatic rings. The maximum atomic E-state index is 12.2. The van der Waals surface area contributed by atoms with E-state index in [1.807, 2.05) is 55.5 Å². The highest BCUT2D eigenvalue weighted by atomic mass is 16.6. The predicted octanol–water partition coefficient (Wildman–Crippen LogP) is 4.22. The smallest absolute Gasteiger partial charge is 0.349 e. The minimum Gasteiger partial charge on any atom is -0.490 e. The lowest BCUT2D eigenvalue weighted by molar-refractivity contribution is -0.136. The number of benzene rings is 3. The number of hydrogen-bond acceptors (Lipinski definition) is 6. The molecule has 154 valence electrons. The Morgan fingerprint density at radius 1 is 0.767 bits per heavy atom. The van der Waals surface area contributed by atoms with Crippen LogP contribution in [0.4, 0.5) is 0 Å². The molecule has 6 heteroatoms. The van der Waals surface area contributed by atoms with Crippen LogP contribution in [0.3, 0.4) is 0 Å². The van der Waals surface area contributed by atoms with Crippen LogP contribution in [-0.2, 0) is 9.53 Å². The second-order valence-corrected chi connectivity index (χ2v) is 6.35. The molecule has 0 aromatic heterocycles. The minimum absolute atomic E-state index is 0.0992. The highest BCUT2D eigenvalue weighted by Crippen LogP contribution is 2.17. The Balaban J connectivity index is 1.45. The van der Waals surface area contributed by atoms with Crippen molar-refractivity contribution in [1.82, 2.24) is 0 Å². The summed E-state index contributed by atoms with van der Waals surface area (Å²) < 4.78 is 21.4. The molecule has 0 saturated heterocycles. The molecule has 0 bridgehead atoms. The molecule has 30 heavy (non-hydrogen) atoms. The van der Waals surface area contributed by atoms with Crippen LogP contribution in [0.5, 0.6) is 17.2 Å². The Bertz CT molecular complexity index is 984. The standard InChI is InChI=1S/C24H22O6/c1-18-8-5-6-13-22(18)29-17-23(25)30-21-12-7-9-19(16-21)24(26)28-15-14-27-20-10-3-2-4-11-20/h2-13,16H,14-15,17H2,1H3. The minimum atomic E-state index is -0.569. The summed E-state index contributed by atoms with van der Waals surface area (Å²) in [5.41, 5.74) is 1.20. The van der Waals surface area contributed by atoms with Gasteiger partial charge in [0.15, 0.2) is 6.61 Å². The van der Waals surface area contributed by atoms with Gasteiger partial charge < -0.3 is 18.9 Å². The van der Waals surface area contributed by atoms with Crippen molar-refractivity contribution in [3.05, 3.63) is 90.0 Å². The van der Waals surface area contributed by atoms with Gasteiger partial charge in [0.05, 0.1) is 5.56 Å². The van der Waals surface area contributed by atoms with Crippen molar-refractivity contribution in [3.8, 4) is 17.2 Å². The van der Waals surface area contributed by atoms with Gasteiger partial charge in [0.1, 0.15) is 30.5 Å². The van der Waals surface area contributed by atoms with Crippen LogP contribution in [0.1, 0.15) is 15.9 Å². The first-order valence-electron chi connectivity index (χ1n) is 9.46. The van der Waals surface area contributed by atoms with Gasteiger partial charge in [-0.05, 0) is 48.9 Å². The predicted molar refractivity (Wildman–Crippen MR) is 111 cm³/mol. The summed E-state index contributed by atoms with van der Waals surface area (Å²) >= 11 is 0. The molecule has 0 fully saturated rings. The Morgan fingerprint density at radius 3 is 2.30 bits per heavy atom. The summed E-state index contributed by atoms with van der Waals surface area (Å²) in [6.07, 6.45) is 0. The highest BCUT2D eigenvalue weighted by molar-refractivity contribution is 5.90. The lowest BCUT2D eigenvalue weighted by Gasteiger charge is -2.10. The fourth-order valence-corrected chi connectivity index (χ4v) is 2.60. The van der Waals surface area contributed by atoms with Crippen molar-refractivity contribution in [2.45, 2.75) is 6.92 Å². The van der Waals surface area contributed by atoms with Gasteiger partial charge in [0.25, 0.3) is 0 Å². The van der Waals surface area contributed by atoms with E-state index in [2.05, 4.69) is 0 Å². The molecule has 0 amide bonds. The van der Waals surface area contributed by atoms with Gasteiger partial charge in [-0.2, -0.15) is 0 Å². The number of esters is 2. The number of carbonyl (C=O) groups excluding carboxylic acids is 2. The van der Waals surface area contributed by atoms with Crippen LogP contribution in [0, 0.1) is 6.92 Å². The SMILES string of the molecule is Cc1ccccc1OCC(=O)Oc1cccc(C(=O)OCCOc2ccccc2)c1. The van der Waals surface area contributed by atoms with Crippen LogP contribution in [0.15, 0.2) is 78.9 Å². The molecule has 0 atom stereocenters. The molecule has 6 nitrogen and oxygen atoms in total. The fourth-order valence-electron chi connectivity index (χ4n) is 2.60. The van der Waals surface area contributed by atoms with E-state index in [0.717, 1.165) is 5.56 Å². The van der Waals surface area contributed by atoms with Gasteiger partial charge >= 0.3 is 11.9 Å². The monoisotopic (exact) mass is 406 g/mol. The fraction of sp³-hybridized carbons (Fsp3) is 0.167. The molecule has 3 aromatic rings. The molecule has 0 N–H and O–H groups in total. The van der Waals surface area contributed by atoms with Crippen molar-refractivity contribution < 1.29 is 28.5 Å². The number of rotatable bonds is 9.